The minimum atomic E-state index is -0.541. The number of hydrogen-bond acceptors (Lipinski definition) is 2. The van der Waals surface area contributed by atoms with E-state index in [4.69, 9.17) is 0 Å². The highest BCUT2D eigenvalue weighted by Crippen LogP contribution is 2.64. The van der Waals surface area contributed by atoms with Gasteiger partial charge in [0.1, 0.15) is 0 Å². The fourth-order valence-electron chi connectivity index (χ4n) is 13.8. The van der Waals surface area contributed by atoms with E-state index < -0.39 is 5.41 Å². The summed E-state index contributed by atoms with van der Waals surface area (Å²) in [7, 11) is 0. The standard InChI is InChI=1S/C65H52N2/c1-64(2)58-25-12-9-22-51(58)54-33-30-48(39-61(54)64)67(47-21-15-16-43(38-47)57-37-42-28-29-44(57)36-42)50-32-35-56-53-24-11-14-27-60(53)65(63(56)41-50)59-26-13-10-23-52(59)55-34-31-49(40-62(55)65)66(45-17-5-3-6-18-45)46-19-7-4-8-20-46/h3-27,30-35,38-42,44,57H,28-29,36-37H2,1-2H3. The molecule has 5 aliphatic carbocycles. The molecule has 0 aromatic heterocycles. The van der Waals surface area contributed by atoms with E-state index in [-0.39, 0.29) is 5.41 Å². The molecule has 2 nitrogen and oxygen atoms in total. The molecule has 0 aliphatic heterocycles. The first-order valence-corrected chi connectivity index (χ1v) is 24.5. The van der Waals surface area contributed by atoms with Crippen LogP contribution in [0.1, 0.15) is 84.4 Å². The SMILES string of the molecule is CC1(C)c2ccccc2-c2ccc(N(c3cccc(C4CC5CCC4C5)c3)c3ccc4c(c3)C3(c5ccccc5-c5ccc(N(c6ccccc6)c6ccccc6)cc53)c3ccccc3-4)cc21. The number of hydrogen-bond donors (Lipinski definition) is 0. The Hall–Kier alpha value is -7.42. The molecule has 0 heterocycles. The van der Waals surface area contributed by atoms with Crippen molar-refractivity contribution in [2.75, 3.05) is 9.80 Å². The molecule has 2 bridgehead atoms. The molecule has 0 radical (unpaired) electrons. The van der Waals surface area contributed by atoms with E-state index in [0.717, 1.165) is 28.9 Å². The van der Waals surface area contributed by atoms with Gasteiger partial charge in [0.2, 0.25) is 0 Å². The minimum Gasteiger partial charge on any atom is -0.310 e. The van der Waals surface area contributed by atoms with Gasteiger partial charge >= 0.3 is 0 Å². The van der Waals surface area contributed by atoms with E-state index in [0.29, 0.717) is 5.92 Å². The van der Waals surface area contributed by atoms with Crippen LogP contribution >= 0.6 is 0 Å². The molecular formula is C65H52N2. The van der Waals surface area contributed by atoms with Crippen LogP contribution in [0.2, 0.25) is 0 Å². The summed E-state index contributed by atoms with van der Waals surface area (Å²) in [5, 5.41) is 0. The number of anilines is 6. The third-order valence-electron chi connectivity index (χ3n) is 16.7. The Balaban J connectivity index is 1.00. The first-order chi connectivity index (χ1) is 33.0. The Bertz CT molecular complexity index is 3390. The van der Waals surface area contributed by atoms with Crippen LogP contribution in [0.15, 0.2) is 212 Å². The first-order valence-electron chi connectivity index (χ1n) is 24.5. The molecule has 1 spiro atoms. The smallest absolute Gasteiger partial charge is 0.0727 e. The van der Waals surface area contributed by atoms with Crippen molar-refractivity contribution in [1.82, 2.24) is 0 Å². The molecule has 67 heavy (non-hydrogen) atoms. The van der Waals surface area contributed by atoms with Crippen LogP contribution in [0.25, 0.3) is 33.4 Å². The second kappa shape index (κ2) is 14.5. The quantitative estimate of drug-likeness (QED) is 0.158. The number of fused-ring (bicyclic) bond motifs is 15. The van der Waals surface area contributed by atoms with Crippen LogP contribution < -0.4 is 9.80 Å². The molecule has 4 unspecified atom stereocenters. The van der Waals surface area contributed by atoms with Crippen molar-refractivity contribution < 1.29 is 0 Å². The summed E-state index contributed by atoms with van der Waals surface area (Å²) in [5.74, 6) is 2.33. The number of rotatable bonds is 7. The van der Waals surface area contributed by atoms with Gasteiger partial charge in [0.05, 0.1) is 5.41 Å². The van der Waals surface area contributed by atoms with Crippen molar-refractivity contribution in [3.63, 3.8) is 0 Å². The van der Waals surface area contributed by atoms with Crippen LogP contribution in [0.3, 0.4) is 0 Å². The maximum Gasteiger partial charge on any atom is 0.0727 e. The van der Waals surface area contributed by atoms with E-state index in [1.807, 2.05) is 0 Å². The molecule has 2 fully saturated rings. The summed E-state index contributed by atoms with van der Waals surface area (Å²) in [4.78, 5) is 4.99. The van der Waals surface area contributed by atoms with Gasteiger partial charge in [0, 0.05) is 39.5 Å². The summed E-state index contributed by atoms with van der Waals surface area (Å²) < 4.78 is 0. The number of benzene rings is 9. The van der Waals surface area contributed by atoms with Crippen LogP contribution in [-0.4, -0.2) is 0 Å². The monoisotopic (exact) mass is 860 g/mol. The van der Waals surface area contributed by atoms with Gasteiger partial charge in [-0.3, -0.25) is 0 Å². The zero-order chi connectivity index (χ0) is 44.4. The summed E-state index contributed by atoms with van der Waals surface area (Å²) in [6.07, 6.45) is 5.50. The van der Waals surface area contributed by atoms with Gasteiger partial charge in [0.15, 0.2) is 0 Å². The average Bonchev–Trinajstić information content (AvgIpc) is 4.19. The molecule has 322 valence electrons. The lowest BCUT2D eigenvalue weighted by atomic mass is 9.70. The molecule has 0 N–H and O–H groups in total. The minimum absolute atomic E-state index is 0.121. The molecule has 14 rings (SSSR count). The highest BCUT2D eigenvalue weighted by molar-refractivity contribution is 5.98. The average molecular weight is 861 g/mol. The van der Waals surface area contributed by atoms with E-state index in [1.165, 1.54) is 115 Å². The first kappa shape index (κ1) is 38.8. The summed E-state index contributed by atoms with van der Waals surface area (Å²) in [6, 6.07) is 80.6. The zero-order valence-electron chi connectivity index (χ0n) is 38.2. The van der Waals surface area contributed by atoms with Gasteiger partial charge in [-0.2, -0.15) is 0 Å². The zero-order valence-corrected chi connectivity index (χ0v) is 38.2. The molecule has 4 atom stereocenters. The normalized spacial score (nSPS) is 20.5. The van der Waals surface area contributed by atoms with E-state index in [9.17, 15) is 0 Å². The maximum absolute atomic E-state index is 2.58. The van der Waals surface area contributed by atoms with Crippen molar-refractivity contribution in [2.45, 2.75) is 56.3 Å². The number of para-hydroxylation sites is 2. The lowest BCUT2D eigenvalue weighted by molar-refractivity contribution is 0.420. The number of nitrogens with zero attached hydrogens (tertiary/aromatic N) is 2. The molecule has 2 saturated carbocycles. The third-order valence-corrected chi connectivity index (χ3v) is 16.7. The van der Waals surface area contributed by atoms with E-state index in [2.05, 4.69) is 236 Å². The molecule has 2 heteroatoms. The van der Waals surface area contributed by atoms with Crippen LogP contribution in [0.4, 0.5) is 34.1 Å². The molecular weight excluding hydrogens is 809 g/mol. The van der Waals surface area contributed by atoms with Gasteiger partial charge in [0.25, 0.3) is 0 Å². The molecule has 5 aliphatic rings. The summed E-state index contributed by atoms with van der Waals surface area (Å²) >= 11 is 0. The van der Waals surface area contributed by atoms with Crippen LogP contribution in [0.5, 0.6) is 0 Å². The van der Waals surface area contributed by atoms with Crippen molar-refractivity contribution >= 4 is 34.1 Å². The van der Waals surface area contributed by atoms with Gasteiger partial charge in [-0.15, -0.1) is 0 Å². The second-order valence-electron chi connectivity index (χ2n) is 20.4. The van der Waals surface area contributed by atoms with Crippen LogP contribution in [-0.2, 0) is 10.8 Å². The van der Waals surface area contributed by atoms with Gasteiger partial charge in [-0.25, -0.2) is 0 Å². The Morgan fingerprint density at radius 2 is 0.776 bits per heavy atom. The van der Waals surface area contributed by atoms with Crippen molar-refractivity contribution in [3.8, 4) is 33.4 Å². The summed E-state index contributed by atoms with van der Waals surface area (Å²) in [6.45, 7) is 4.80. The fraction of sp³-hybridized carbons (Fsp3) is 0.169. The van der Waals surface area contributed by atoms with E-state index in [1.54, 1.807) is 0 Å². The lowest BCUT2D eigenvalue weighted by Crippen LogP contribution is -2.26. The Kier molecular flexibility index (Phi) is 8.42. The topological polar surface area (TPSA) is 6.48 Å². The molecule has 0 saturated heterocycles. The predicted octanol–water partition coefficient (Wildman–Crippen LogP) is 17.2. The van der Waals surface area contributed by atoms with Gasteiger partial charge in [-0.05, 0) is 182 Å². The maximum atomic E-state index is 2.58. The molecule has 9 aromatic rings. The van der Waals surface area contributed by atoms with Crippen LogP contribution in [0, 0.1) is 11.8 Å². The van der Waals surface area contributed by atoms with Gasteiger partial charge < -0.3 is 9.80 Å². The Morgan fingerprint density at radius 3 is 1.31 bits per heavy atom. The highest BCUT2D eigenvalue weighted by Gasteiger charge is 2.52. The predicted molar refractivity (Wildman–Crippen MR) is 278 cm³/mol. The Morgan fingerprint density at radius 1 is 0.343 bits per heavy atom. The molecule has 0 amide bonds. The van der Waals surface area contributed by atoms with Crippen molar-refractivity contribution in [1.29, 1.82) is 0 Å². The van der Waals surface area contributed by atoms with Crippen molar-refractivity contribution in [3.05, 3.63) is 251 Å². The third kappa shape index (κ3) is 5.56. The van der Waals surface area contributed by atoms with Gasteiger partial charge in [-0.1, -0.05) is 160 Å². The fourth-order valence-corrected chi connectivity index (χ4v) is 13.8. The molecule has 9 aromatic carbocycles. The van der Waals surface area contributed by atoms with Crippen molar-refractivity contribution in [2.24, 2.45) is 11.8 Å². The largest absolute Gasteiger partial charge is 0.310 e. The second-order valence-corrected chi connectivity index (χ2v) is 20.4. The van der Waals surface area contributed by atoms with E-state index >= 15 is 0 Å². The lowest BCUT2D eigenvalue weighted by Gasteiger charge is -2.34. The highest BCUT2D eigenvalue weighted by atomic mass is 15.1. The Labute approximate surface area is 394 Å². The summed E-state index contributed by atoms with van der Waals surface area (Å²) in [5.41, 5.74) is 23.9.